The molecule has 0 spiro atoms. The number of carbonyl (C=O) groups is 1. The van der Waals surface area contributed by atoms with Crippen LogP contribution in [0.3, 0.4) is 0 Å². The largest absolute Gasteiger partial charge is 0.497 e. The van der Waals surface area contributed by atoms with Gasteiger partial charge in [-0.2, -0.15) is 0 Å². The fraction of sp³-hybridized carbons (Fsp3) is 0.133. The highest BCUT2D eigenvalue weighted by molar-refractivity contribution is 5.91. The Bertz CT molecular complexity index is 559. The first-order chi connectivity index (χ1) is 9.28. The Hall–Kier alpha value is -2.49. The van der Waals surface area contributed by atoms with Gasteiger partial charge in [-0.15, -0.1) is 0 Å². The lowest BCUT2D eigenvalue weighted by molar-refractivity contribution is -0.116. The Morgan fingerprint density at radius 1 is 1.37 bits per heavy atom. The summed E-state index contributed by atoms with van der Waals surface area (Å²) in [6.45, 7) is 0.383. The summed E-state index contributed by atoms with van der Waals surface area (Å²) in [5.41, 5.74) is 0.910. The van der Waals surface area contributed by atoms with Crippen LogP contribution in [0.1, 0.15) is 11.3 Å². The zero-order valence-corrected chi connectivity index (χ0v) is 10.6. The summed E-state index contributed by atoms with van der Waals surface area (Å²) in [5.74, 6) is 1.32. The lowest BCUT2D eigenvalue weighted by Gasteiger charge is -2.00. The van der Waals surface area contributed by atoms with Gasteiger partial charge in [0, 0.05) is 6.08 Å². The van der Waals surface area contributed by atoms with Gasteiger partial charge in [-0.1, -0.05) is 12.1 Å². The highest BCUT2D eigenvalue weighted by Crippen LogP contribution is 2.13. The smallest absolute Gasteiger partial charge is 0.244 e. The fourth-order valence-corrected chi connectivity index (χ4v) is 1.56. The molecule has 4 heteroatoms. The maximum absolute atomic E-state index is 11.6. The van der Waals surface area contributed by atoms with Gasteiger partial charge in [-0.25, -0.2) is 0 Å². The van der Waals surface area contributed by atoms with Crippen LogP contribution in [0.4, 0.5) is 0 Å². The molecule has 0 aliphatic heterocycles. The van der Waals surface area contributed by atoms with Crippen LogP contribution in [-0.4, -0.2) is 13.0 Å². The van der Waals surface area contributed by atoms with E-state index in [4.69, 9.17) is 9.15 Å². The van der Waals surface area contributed by atoms with Crippen LogP contribution in [0.5, 0.6) is 5.75 Å². The molecule has 1 aromatic carbocycles. The van der Waals surface area contributed by atoms with Gasteiger partial charge in [-0.05, 0) is 35.9 Å². The van der Waals surface area contributed by atoms with E-state index in [1.165, 1.54) is 6.08 Å². The Morgan fingerprint density at radius 3 is 3.00 bits per heavy atom. The standard InChI is InChI=1S/C15H15NO3/c1-18-13-5-2-4-12(10-13)7-8-15(17)16-11-14-6-3-9-19-14/h2-10H,11H2,1H3,(H,16,17)/b8-7+. The Kier molecular flexibility index (Phi) is 4.39. The average molecular weight is 257 g/mol. The van der Waals surface area contributed by atoms with Crippen molar-refractivity contribution in [1.82, 2.24) is 5.32 Å². The summed E-state index contributed by atoms with van der Waals surface area (Å²) in [7, 11) is 1.61. The van der Waals surface area contributed by atoms with E-state index in [2.05, 4.69) is 5.32 Å². The Labute approximate surface area is 111 Å². The van der Waals surface area contributed by atoms with E-state index in [-0.39, 0.29) is 5.91 Å². The fourth-order valence-electron chi connectivity index (χ4n) is 1.56. The molecule has 2 aromatic rings. The van der Waals surface area contributed by atoms with Crippen molar-refractivity contribution >= 4 is 12.0 Å². The number of benzene rings is 1. The first-order valence-electron chi connectivity index (χ1n) is 5.90. The number of carbonyl (C=O) groups excluding carboxylic acids is 1. The third-order valence-electron chi connectivity index (χ3n) is 2.54. The number of furan rings is 1. The molecule has 4 nitrogen and oxygen atoms in total. The average Bonchev–Trinajstić information content (AvgIpc) is 2.96. The second-order valence-electron chi connectivity index (χ2n) is 3.91. The van der Waals surface area contributed by atoms with Crippen molar-refractivity contribution in [1.29, 1.82) is 0 Å². The monoisotopic (exact) mass is 257 g/mol. The first-order valence-corrected chi connectivity index (χ1v) is 5.90. The van der Waals surface area contributed by atoms with Crippen molar-refractivity contribution in [3.8, 4) is 5.75 Å². The van der Waals surface area contributed by atoms with Gasteiger partial charge in [0.1, 0.15) is 11.5 Å². The molecule has 0 radical (unpaired) electrons. The molecule has 0 saturated carbocycles. The lowest BCUT2D eigenvalue weighted by atomic mass is 10.2. The normalized spacial score (nSPS) is 10.6. The zero-order valence-electron chi connectivity index (χ0n) is 10.6. The van der Waals surface area contributed by atoms with Gasteiger partial charge in [-0.3, -0.25) is 4.79 Å². The topological polar surface area (TPSA) is 51.5 Å². The van der Waals surface area contributed by atoms with Crippen LogP contribution in [0, 0.1) is 0 Å². The SMILES string of the molecule is COc1cccc(/C=C/C(=O)NCc2ccco2)c1. The van der Waals surface area contributed by atoms with Crippen molar-refractivity contribution < 1.29 is 13.9 Å². The Morgan fingerprint density at radius 2 is 2.26 bits per heavy atom. The predicted molar refractivity (Wildman–Crippen MR) is 72.6 cm³/mol. The second kappa shape index (κ2) is 6.44. The zero-order chi connectivity index (χ0) is 13.5. The molecule has 0 fully saturated rings. The van der Waals surface area contributed by atoms with E-state index in [0.717, 1.165) is 17.1 Å². The molecule has 0 saturated heterocycles. The highest BCUT2D eigenvalue weighted by atomic mass is 16.5. The maximum Gasteiger partial charge on any atom is 0.244 e. The first kappa shape index (κ1) is 13.0. The van der Waals surface area contributed by atoms with Crippen molar-refractivity contribution in [2.75, 3.05) is 7.11 Å². The molecule has 1 N–H and O–H groups in total. The molecule has 0 unspecified atom stereocenters. The maximum atomic E-state index is 11.6. The third kappa shape index (κ3) is 4.03. The van der Waals surface area contributed by atoms with Crippen LogP contribution in [-0.2, 0) is 11.3 Å². The number of methoxy groups -OCH3 is 1. The van der Waals surface area contributed by atoms with E-state index in [0.29, 0.717) is 6.54 Å². The number of nitrogens with one attached hydrogen (secondary N) is 1. The minimum Gasteiger partial charge on any atom is -0.497 e. The summed E-state index contributed by atoms with van der Waals surface area (Å²) in [6, 6.07) is 11.1. The molecule has 0 atom stereocenters. The van der Waals surface area contributed by atoms with Crippen molar-refractivity contribution in [2.24, 2.45) is 0 Å². The van der Waals surface area contributed by atoms with E-state index in [1.807, 2.05) is 30.3 Å². The summed E-state index contributed by atoms with van der Waals surface area (Å²) >= 11 is 0. The van der Waals surface area contributed by atoms with Gasteiger partial charge in [0.2, 0.25) is 5.91 Å². The van der Waals surface area contributed by atoms with E-state index in [1.54, 1.807) is 25.5 Å². The quantitative estimate of drug-likeness (QED) is 0.838. The molecular weight excluding hydrogens is 242 g/mol. The molecule has 0 aliphatic rings. The van der Waals surface area contributed by atoms with Crippen LogP contribution >= 0.6 is 0 Å². The number of amides is 1. The molecule has 19 heavy (non-hydrogen) atoms. The second-order valence-corrected chi connectivity index (χ2v) is 3.91. The van der Waals surface area contributed by atoms with E-state index < -0.39 is 0 Å². The van der Waals surface area contributed by atoms with Crippen LogP contribution < -0.4 is 10.1 Å². The van der Waals surface area contributed by atoms with Gasteiger partial charge < -0.3 is 14.5 Å². The molecule has 1 aromatic heterocycles. The molecule has 0 bridgehead atoms. The van der Waals surface area contributed by atoms with Gasteiger partial charge in [0.15, 0.2) is 0 Å². The number of ether oxygens (including phenoxy) is 1. The van der Waals surface area contributed by atoms with Crippen molar-refractivity contribution in [2.45, 2.75) is 6.54 Å². The van der Waals surface area contributed by atoms with E-state index >= 15 is 0 Å². The number of hydrogen-bond donors (Lipinski definition) is 1. The van der Waals surface area contributed by atoms with Crippen molar-refractivity contribution in [3.05, 3.63) is 60.1 Å². The Balaban J connectivity index is 1.88. The summed E-state index contributed by atoms with van der Waals surface area (Å²) < 4.78 is 10.2. The van der Waals surface area contributed by atoms with Crippen LogP contribution in [0.2, 0.25) is 0 Å². The van der Waals surface area contributed by atoms with Crippen molar-refractivity contribution in [3.63, 3.8) is 0 Å². The number of rotatable bonds is 5. The van der Waals surface area contributed by atoms with E-state index in [9.17, 15) is 4.79 Å². The molecule has 98 valence electrons. The number of hydrogen-bond acceptors (Lipinski definition) is 3. The summed E-state index contributed by atoms with van der Waals surface area (Å²) in [4.78, 5) is 11.6. The van der Waals surface area contributed by atoms with Crippen LogP contribution in [0.15, 0.2) is 53.2 Å². The van der Waals surface area contributed by atoms with Crippen LogP contribution in [0.25, 0.3) is 6.08 Å². The minimum absolute atomic E-state index is 0.167. The molecule has 0 aliphatic carbocycles. The summed E-state index contributed by atoms with van der Waals surface area (Å²) in [5, 5.41) is 2.73. The highest BCUT2D eigenvalue weighted by Gasteiger charge is 1.98. The van der Waals surface area contributed by atoms with Gasteiger partial charge >= 0.3 is 0 Å². The molecule has 2 rings (SSSR count). The molecule has 1 amide bonds. The molecular formula is C15H15NO3. The third-order valence-corrected chi connectivity index (χ3v) is 2.54. The van der Waals surface area contributed by atoms with Gasteiger partial charge in [0.05, 0.1) is 19.9 Å². The summed E-state index contributed by atoms with van der Waals surface area (Å²) in [6.07, 6.45) is 4.80. The molecule has 1 heterocycles. The minimum atomic E-state index is -0.167. The predicted octanol–water partition coefficient (Wildman–Crippen LogP) is 2.62. The van der Waals surface area contributed by atoms with Gasteiger partial charge in [0.25, 0.3) is 0 Å². The lowest BCUT2D eigenvalue weighted by Crippen LogP contribution is -2.19.